The molecule has 0 bridgehead atoms. The van der Waals surface area contributed by atoms with E-state index in [0.717, 1.165) is 18.0 Å². The van der Waals surface area contributed by atoms with Crippen molar-refractivity contribution >= 4 is 5.65 Å². The van der Waals surface area contributed by atoms with Crippen LogP contribution >= 0.6 is 0 Å². The monoisotopic (exact) mass is 273 g/mol. The molecule has 2 aromatic rings. The lowest BCUT2D eigenvalue weighted by Gasteiger charge is -2.14. The fourth-order valence-corrected chi connectivity index (χ4v) is 2.16. The molecule has 20 heavy (non-hydrogen) atoms. The van der Waals surface area contributed by atoms with Crippen LogP contribution in [-0.4, -0.2) is 15.4 Å². The Kier molecular flexibility index (Phi) is 4.90. The van der Waals surface area contributed by atoms with Crippen LogP contribution in [0.2, 0.25) is 0 Å². The Morgan fingerprint density at radius 1 is 1.25 bits per heavy atom. The van der Waals surface area contributed by atoms with E-state index < -0.39 is 0 Å². The fraction of sp³-hybridized carbons (Fsp3) is 0.500. The summed E-state index contributed by atoms with van der Waals surface area (Å²) in [6.45, 7) is 7.28. The second kappa shape index (κ2) is 6.66. The van der Waals surface area contributed by atoms with Crippen molar-refractivity contribution in [3.05, 3.63) is 46.5 Å². The molecule has 4 nitrogen and oxygen atoms in total. The highest BCUT2D eigenvalue weighted by atomic mass is 16.1. The van der Waals surface area contributed by atoms with Crippen LogP contribution in [0, 0.1) is 5.92 Å². The van der Waals surface area contributed by atoms with E-state index in [1.54, 1.807) is 16.7 Å². The Morgan fingerprint density at radius 3 is 2.80 bits per heavy atom. The zero-order valence-electron chi connectivity index (χ0n) is 12.5. The first-order chi connectivity index (χ1) is 9.56. The molecule has 2 heterocycles. The number of hydrogen-bond donors (Lipinski definition) is 1. The lowest BCUT2D eigenvalue weighted by Crippen LogP contribution is -2.27. The molecule has 0 fully saturated rings. The molecule has 0 aliphatic heterocycles. The first-order valence-corrected chi connectivity index (χ1v) is 7.27. The van der Waals surface area contributed by atoms with Gasteiger partial charge in [-0.2, -0.15) is 0 Å². The highest BCUT2D eigenvalue weighted by molar-refractivity contribution is 5.37. The van der Waals surface area contributed by atoms with Gasteiger partial charge in [-0.1, -0.05) is 19.9 Å². The predicted molar refractivity (Wildman–Crippen MR) is 81.8 cm³/mol. The number of nitrogens with zero attached hydrogens (tertiary/aromatic N) is 2. The van der Waals surface area contributed by atoms with Gasteiger partial charge in [0.1, 0.15) is 5.65 Å². The van der Waals surface area contributed by atoms with Crippen molar-refractivity contribution in [1.29, 1.82) is 0 Å². The van der Waals surface area contributed by atoms with E-state index >= 15 is 0 Å². The topological polar surface area (TPSA) is 46.4 Å². The molecule has 0 amide bonds. The molecule has 0 aliphatic carbocycles. The lowest BCUT2D eigenvalue weighted by molar-refractivity contribution is 0.448. The average Bonchev–Trinajstić information content (AvgIpc) is 2.43. The quantitative estimate of drug-likeness (QED) is 0.880. The first-order valence-electron chi connectivity index (χ1n) is 7.27. The van der Waals surface area contributed by atoms with Crippen molar-refractivity contribution in [3.8, 4) is 0 Å². The average molecular weight is 273 g/mol. The van der Waals surface area contributed by atoms with Gasteiger partial charge in [-0.3, -0.25) is 9.20 Å². The maximum atomic E-state index is 12.0. The minimum absolute atomic E-state index is 0.0257. The summed E-state index contributed by atoms with van der Waals surface area (Å²) in [5, 5.41) is 3.44. The Morgan fingerprint density at radius 2 is 2.05 bits per heavy atom. The number of pyridine rings is 1. The summed E-state index contributed by atoms with van der Waals surface area (Å²) in [5.41, 5.74) is 1.48. The molecule has 0 saturated carbocycles. The van der Waals surface area contributed by atoms with Gasteiger partial charge in [0.25, 0.3) is 5.56 Å². The summed E-state index contributed by atoms with van der Waals surface area (Å²) >= 11 is 0. The van der Waals surface area contributed by atoms with E-state index in [2.05, 4.69) is 31.1 Å². The first kappa shape index (κ1) is 14.7. The largest absolute Gasteiger partial charge is 0.309 e. The van der Waals surface area contributed by atoms with Gasteiger partial charge in [-0.05, 0) is 37.8 Å². The minimum atomic E-state index is -0.0257. The van der Waals surface area contributed by atoms with Crippen molar-refractivity contribution in [3.63, 3.8) is 0 Å². The lowest BCUT2D eigenvalue weighted by atomic mass is 10.0. The van der Waals surface area contributed by atoms with Crippen LogP contribution in [0.4, 0.5) is 0 Å². The molecule has 2 aromatic heterocycles. The number of rotatable bonds is 6. The van der Waals surface area contributed by atoms with E-state index in [1.165, 1.54) is 6.42 Å². The van der Waals surface area contributed by atoms with E-state index in [0.29, 0.717) is 18.2 Å². The molecule has 0 aliphatic rings. The van der Waals surface area contributed by atoms with Crippen molar-refractivity contribution in [1.82, 2.24) is 14.7 Å². The third-order valence-electron chi connectivity index (χ3n) is 3.43. The van der Waals surface area contributed by atoms with Gasteiger partial charge in [-0.25, -0.2) is 4.98 Å². The number of hydrogen-bond acceptors (Lipinski definition) is 3. The summed E-state index contributed by atoms with van der Waals surface area (Å²) in [5.74, 6) is 0.725. The number of aromatic nitrogens is 2. The van der Waals surface area contributed by atoms with Crippen molar-refractivity contribution in [2.24, 2.45) is 5.92 Å². The summed E-state index contributed by atoms with van der Waals surface area (Å²) in [6, 6.07) is 7.63. The van der Waals surface area contributed by atoms with Crippen LogP contribution in [0.5, 0.6) is 0 Å². The van der Waals surface area contributed by atoms with Crippen LogP contribution in [0.3, 0.4) is 0 Å². The molecule has 1 N–H and O–H groups in total. The number of fused-ring (bicyclic) bond motifs is 1. The van der Waals surface area contributed by atoms with Crippen molar-refractivity contribution in [2.45, 2.75) is 46.2 Å². The number of nitrogens with one attached hydrogen (secondary N) is 1. The summed E-state index contributed by atoms with van der Waals surface area (Å²) in [6.07, 6.45) is 4.10. The van der Waals surface area contributed by atoms with Crippen molar-refractivity contribution in [2.75, 3.05) is 0 Å². The van der Waals surface area contributed by atoms with Gasteiger partial charge in [0.15, 0.2) is 0 Å². The predicted octanol–water partition coefficient (Wildman–Crippen LogP) is 2.61. The highest BCUT2D eigenvalue weighted by Crippen LogP contribution is 2.07. The zero-order valence-corrected chi connectivity index (χ0v) is 12.5. The van der Waals surface area contributed by atoms with Gasteiger partial charge < -0.3 is 5.32 Å². The maximum absolute atomic E-state index is 12.0. The summed E-state index contributed by atoms with van der Waals surface area (Å²) in [4.78, 5) is 16.5. The van der Waals surface area contributed by atoms with Gasteiger partial charge in [-0.15, -0.1) is 0 Å². The second-order valence-electron chi connectivity index (χ2n) is 5.77. The fourth-order valence-electron chi connectivity index (χ4n) is 2.16. The second-order valence-corrected chi connectivity index (χ2v) is 5.77. The Hall–Kier alpha value is -1.68. The Labute approximate surface area is 119 Å². The molecular formula is C16H23N3O. The van der Waals surface area contributed by atoms with Crippen LogP contribution < -0.4 is 10.9 Å². The van der Waals surface area contributed by atoms with Gasteiger partial charge in [0.05, 0.1) is 5.69 Å². The Bertz CT molecular complexity index is 618. The Balaban J connectivity index is 2.01. The van der Waals surface area contributed by atoms with E-state index in [1.807, 2.05) is 18.2 Å². The van der Waals surface area contributed by atoms with E-state index in [4.69, 9.17) is 0 Å². The van der Waals surface area contributed by atoms with Gasteiger partial charge in [0.2, 0.25) is 0 Å². The minimum Gasteiger partial charge on any atom is -0.309 e. The van der Waals surface area contributed by atoms with Crippen molar-refractivity contribution < 1.29 is 0 Å². The standard InChI is InChI=1S/C16H23N3O/c1-12(2)7-8-13(3)17-11-14-10-16(20)19-9-5-4-6-15(19)18-14/h4-6,9-10,12-13,17H,7-8,11H2,1-3H3. The molecule has 108 valence electrons. The molecule has 1 unspecified atom stereocenters. The smallest absolute Gasteiger partial charge is 0.258 e. The molecule has 0 radical (unpaired) electrons. The van der Waals surface area contributed by atoms with Gasteiger partial charge >= 0.3 is 0 Å². The third kappa shape index (κ3) is 3.90. The van der Waals surface area contributed by atoms with Crippen LogP contribution in [0.1, 0.15) is 39.3 Å². The van der Waals surface area contributed by atoms with Crippen LogP contribution in [-0.2, 0) is 6.54 Å². The highest BCUT2D eigenvalue weighted by Gasteiger charge is 2.05. The van der Waals surface area contributed by atoms with Crippen LogP contribution in [0.15, 0.2) is 35.3 Å². The normalized spacial score (nSPS) is 13.0. The summed E-state index contributed by atoms with van der Waals surface area (Å²) in [7, 11) is 0. The maximum Gasteiger partial charge on any atom is 0.258 e. The molecule has 0 aromatic carbocycles. The molecule has 2 rings (SSSR count). The molecule has 0 spiro atoms. The third-order valence-corrected chi connectivity index (χ3v) is 3.43. The SMILES string of the molecule is CC(C)CCC(C)NCc1cc(=O)n2ccccc2n1. The van der Waals surface area contributed by atoms with Crippen LogP contribution in [0.25, 0.3) is 5.65 Å². The molecule has 4 heteroatoms. The van der Waals surface area contributed by atoms with Gasteiger partial charge in [0, 0.05) is 24.8 Å². The molecular weight excluding hydrogens is 250 g/mol. The van der Waals surface area contributed by atoms with E-state index in [9.17, 15) is 4.79 Å². The molecule has 0 saturated heterocycles. The molecule has 1 atom stereocenters. The summed E-state index contributed by atoms with van der Waals surface area (Å²) < 4.78 is 1.56. The van der Waals surface area contributed by atoms with E-state index in [-0.39, 0.29) is 5.56 Å². The zero-order chi connectivity index (χ0) is 14.5.